The van der Waals surface area contributed by atoms with Gasteiger partial charge in [0, 0.05) is 49.1 Å². The van der Waals surface area contributed by atoms with E-state index in [2.05, 4.69) is 30.1 Å². The highest BCUT2D eigenvalue weighted by molar-refractivity contribution is 7.09. The molecule has 20 heavy (non-hydrogen) atoms. The van der Waals surface area contributed by atoms with E-state index in [1.54, 1.807) is 11.3 Å². The molecular formula is C14H17N5S. The minimum Gasteiger partial charge on any atom is -0.336 e. The van der Waals surface area contributed by atoms with Crippen LogP contribution in [-0.4, -0.2) is 45.0 Å². The van der Waals surface area contributed by atoms with Crippen LogP contribution in [0.3, 0.4) is 0 Å². The number of hydrogen-bond donors (Lipinski definition) is 0. The molecule has 2 atom stereocenters. The first-order valence-corrected chi connectivity index (χ1v) is 7.96. The lowest BCUT2D eigenvalue weighted by atomic mass is 10.1. The summed E-state index contributed by atoms with van der Waals surface area (Å²) in [5, 5.41) is 3.28. The maximum absolute atomic E-state index is 4.41. The number of likely N-dealkylation sites (tertiary alicyclic amines) is 1. The van der Waals surface area contributed by atoms with Crippen molar-refractivity contribution in [1.29, 1.82) is 0 Å². The maximum Gasteiger partial charge on any atom is 0.225 e. The van der Waals surface area contributed by atoms with Gasteiger partial charge in [-0.15, -0.1) is 11.3 Å². The third kappa shape index (κ3) is 2.09. The van der Waals surface area contributed by atoms with Crippen molar-refractivity contribution in [1.82, 2.24) is 19.9 Å². The van der Waals surface area contributed by atoms with Crippen LogP contribution in [0.15, 0.2) is 30.0 Å². The lowest BCUT2D eigenvalue weighted by Gasteiger charge is -2.25. The minimum absolute atomic E-state index is 0.567. The quantitative estimate of drug-likeness (QED) is 0.861. The highest BCUT2D eigenvalue weighted by atomic mass is 32.1. The van der Waals surface area contributed by atoms with Crippen molar-refractivity contribution in [2.75, 3.05) is 18.0 Å². The summed E-state index contributed by atoms with van der Waals surface area (Å²) in [6, 6.07) is 3.07. The van der Waals surface area contributed by atoms with Gasteiger partial charge in [-0.1, -0.05) is 0 Å². The van der Waals surface area contributed by atoms with Crippen molar-refractivity contribution in [3.05, 3.63) is 35.0 Å². The van der Waals surface area contributed by atoms with Crippen molar-refractivity contribution in [3.63, 3.8) is 0 Å². The van der Waals surface area contributed by atoms with Gasteiger partial charge in [0.2, 0.25) is 5.95 Å². The molecule has 0 unspecified atom stereocenters. The summed E-state index contributed by atoms with van der Waals surface area (Å²) in [6.07, 6.45) is 7.96. The third-order valence-electron chi connectivity index (χ3n) is 4.32. The number of fused-ring (bicyclic) bond motifs is 1. The Morgan fingerprint density at radius 1 is 1.05 bits per heavy atom. The molecule has 5 nitrogen and oxygen atoms in total. The molecule has 0 aromatic carbocycles. The van der Waals surface area contributed by atoms with Gasteiger partial charge in [0.15, 0.2) is 0 Å². The predicted octanol–water partition coefficient (Wildman–Crippen LogP) is 1.79. The van der Waals surface area contributed by atoms with Gasteiger partial charge in [-0.25, -0.2) is 15.0 Å². The summed E-state index contributed by atoms with van der Waals surface area (Å²) >= 11 is 1.75. The van der Waals surface area contributed by atoms with Gasteiger partial charge in [-0.05, 0) is 18.9 Å². The van der Waals surface area contributed by atoms with Gasteiger partial charge in [-0.3, -0.25) is 4.90 Å². The second-order valence-electron chi connectivity index (χ2n) is 5.35. The topological polar surface area (TPSA) is 45.2 Å². The second kappa shape index (κ2) is 5.10. The molecule has 4 rings (SSSR count). The van der Waals surface area contributed by atoms with Crippen LogP contribution < -0.4 is 4.90 Å². The standard InChI is InChI=1S/C14H17N5S/c1-4-16-14(17-5-1)19-8-3-11-12(19)2-7-18(11)10-13-15-6-9-20-13/h1,4-6,9,11-12H,2-3,7-8,10H2/t11-,12+/m1/s1. The van der Waals surface area contributed by atoms with E-state index in [9.17, 15) is 0 Å². The Labute approximate surface area is 122 Å². The van der Waals surface area contributed by atoms with Crippen LogP contribution >= 0.6 is 11.3 Å². The van der Waals surface area contributed by atoms with Crippen LogP contribution in [0.25, 0.3) is 0 Å². The zero-order valence-corrected chi connectivity index (χ0v) is 12.0. The van der Waals surface area contributed by atoms with E-state index in [4.69, 9.17) is 0 Å². The van der Waals surface area contributed by atoms with Crippen molar-refractivity contribution in [2.24, 2.45) is 0 Å². The Balaban J connectivity index is 1.50. The predicted molar refractivity (Wildman–Crippen MR) is 78.7 cm³/mol. The smallest absolute Gasteiger partial charge is 0.225 e. The van der Waals surface area contributed by atoms with Gasteiger partial charge in [0.1, 0.15) is 5.01 Å². The average Bonchev–Trinajstić information content (AvgIpc) is 3.19. The maximum atomic E-state index is 4.41. The molecule has 0 N–H and O–H groups in total. The van der Waals surface area contributed by atoms with Crippen molar-refractivity contribution >= 4 is 17.3 Å². The minimum atomic E-state index is 0.567. The SMILES string of the molecule is c1cnc(N2CC[C@@H]3[C@@H]2CCN3Cc2nccs2)nc1. The van der Waals surface area contributed by atoms with E-state index in [0.717, 1.165) is 25.6 Å². The van der Waals surface area contributed by atoms with E-state index in [1.165, 1.54) is 17.8 Å². The number of anilines is 1. The number of hydrogen-bond acceptors (Lipinski definition) is 6. The van der Waals surface area contributed by atoms with Gasteiger partial charge in [-0.2, -0.15) is 0 Å². The highest BCUT2D eigenvalue weighted by Crippen LogP contribution is 2.34. The fraction of sp³-hybridized carbons (Fsp3) is 0.500. The first-order valence-electron chi connectivity index (χ1n) is 7.08. The van der Waals surface area contributed by atoms with Gasteiger partial charge in [0.05, 0.1) is 6.54 Å². The largest absolute Gasteiger partial charge is 0.336 e. The van der Waals surface area contributed by atoms with Crippen molar-refractivity contribution in [3.8, 4) is 0 Å². The summed E-state index contributed by atoms with van der Waals surface area (Å²) in [5.74, 6) is 0.885. The normalized spacial score (nSPS) is 26.1. The monoisotopic (exact) mass is 287 g/mol. The molecule has 0 saturated carbocycles. The Morgan fingerprint density at radius 2 is 1.90 bits per heavy atom. The van der Waals surface area contributed by atoms with E-state index in [-0.39, 0.29) is 0 Å². The zero-order valence-electron chi connectivity index (χ0n) is 11.2. The molecule has 2 aromatic rings. The van der Waals surface area contributed by atoms with Crippen LogP contribution in [0.2, 0.25) is 0 Å². The molecule has 4 heterocycles. The first-order chi connectivity index (χ1) is 9.92. The lowest BCUT2D eigenvalue weighted by Crippen LogP contribution is -2.36. The summed E-state index contributed by atoms with van der Waals surface area (Å²) in [7, 11) is 0. The molecule has 0 aliphatic carbocycles. The molecule has 104 valence electrons. The molecule has 6 heteroatoms. The first kappa shape index (κ1) is 12.2. The van der Waals surface area contributed by atoms with Crippen LogP contribution in [-0.2, 0) is 6.54 Å². The summed E-state index contributed by atoms with van der Waals surface area (Å²) < 4.78 is 0. The third-order valence-corrected chi connectivity index (χ3v) is 5.09. The van der Waals surface area contributed by atoms with Gasteiger partial charge >= 0.3 is 0 Å². The Kier molecular flexibility index (Phi) is 3.12. The zero-order chi connectivity index (χ0) is 13.4. The number of nitrogens with zero attached hydrogens (tertiary/aromatic N) is 5. The summed E-state index contributed by atoms with van der Waals surface area (Å²) in [6.45, 7) is 3.20. The number of thiazole rings is 1. The number of rotatable bonds is 3. The molecule has 0 amide bonds. The van der Waals surface area contributed by atoms with E-state index in [0.29, 0.717) is 12.1 Å². The number of aromatic nitrogens is 3. The fourth-order valence-corrected chi connectivity index (χ4v) is 4.11. The van der Waals surface area contributed by atoms with Crippen LogP contribution in [0, 0.1) is 0 Å². The molecule has 0 spiro atoms. The van der Waals surface area contributed by atoms with E-state index in [1.807, 2.05) is 24.7 Å². The van der Waals surface area contributed by atoms with Gasteiger partial charge < -0.3 is 4.90 Å². The highest BCUT2D eigenvalue weighted by Gasteiger charge is 2.43. The average molecular weight is 287 g/mol. The molecule has 2 aromatic heterocycles. The second-order valence-corrected chi connectivity index (χ2v) is 6.33. The molecular weight excluding hydrogens is 270 g/mol. The van der Waals surface area contributed by atoms with Crippen LogP contribution in [0.4, 0.5) is 5.95 Å². The fourth-order valence-electron chi connectivity index (χ4n) is 3.46. The molecule has 2 aliphatic rings. The molecule has 2 fully saturated rings. The Hall–Kier alpha value is -1.53. The summed E-state index contributed by atoms with van der Waals surface area (Å²) in [4.78, 5) is 18.2. The van der Waals surface area contributed by atoms with Crippen LogP contribution in [0.1, 0.15) is 17.8 Å². The van der Waals surface area contributed by atoms with Gasteiger partial charge in [0.25, 0.3) is 0 Å². The molecule has 0 radical (unpaired) electrons. The van der Waals surface area contributed by atoms with E-state index < -0.39 is 0 Å². The lowest BCUT2D eigenvalue weighted by molar-refractivity contribution is 0.245. The van der Waals surface area contributed by atoms with Crippen molar-refractivity contribution in [2.45, 2.75) is 31.5 Å². The van der Waals surface area contributed by atoms with Crippen molar-refractivity contribution < 1.29 is 0 Å². The molecule has 2 aliphatic heterocycles. The van der Waals surface area contributed by atoms with Crippen LogP contribution in [0.5, 0.6) is 0 Å². The molecule has 0 bridgehead atoms. The Bertz CT molecular complexity index is 558. The summed E-state index contributed by atoms with van der Waals surface area (Å²) in [5.41, 5.74) is 0. The Morgan fingerprint density at radius 3 is 2.70 bits per heavy atom. The van der Waals surface area contributed by atoms with E-state index >= 15 is 0 Å². The molecule has 2 saturated heterocycles.